The summed E-state index contributed by atoms with van der Waals surface area (Å²) < 4.78 is 28.2. The fraction of sp³-hybridized carbons (Fsp3) is 0.150. The van der Waals surface area contributed by atoms with E-state index in [0.717, 1.165) is 14.4 Å². The topological polar surface area (TPSA) is 108 Å². The zero-order valence-corrected chi connectivity index (χ0v) is 17.9. The Morgan fingerprint density at radius 2 is 1.93 bits per heavy atom. The zero-order chi connectivity index (χ0) is 21.7. The molecule has 30 heavy (non-hydrogen) atoms. The molecule has 0 aliphatic carbocycles. The summed E-state index contributed by atoms with van der Waals surface area (Å²) in [5, 5.41) is 12.4. The first-order valence-corrected chi connectivity index (χ1v) is 11.1. The molecule has 0 aliphatic heterocycles. The lowest BCUT2D eigenvalue weighted by molar-refractivity contribution is -0.116. The third-order valence-electron chi connectivity index (χ3n) is 4.20. The number of anilines is 1. The second-order valence-corrected chi connectivity index (χ2v) is 9.42. The molecule has 8 nitrogen and oxygen atoms in total. The van der Waals surface area contributed by atoms with Crippen molar-refractivity contribution in [2.75, 3.05) is 18.9 Å². The fourth-order valence-corrected chi connectivity index (χ4v) is 4.58. The molecule has 0 atom stereocenters. The van der Waals surface area contributed by atoms with Crippen LogP contribution in [0.5, 0.6) is 0 Å². The Labute approximate surface area is 179 Å². The Balaban J connectivity index is 1.71. The van der Waals surface area contributed by atoms with Crippen molar-refractivity contribution in [2.45, 2.75) is 14.9 Å². The molecule has 0 aliphatic rings. The van der Waals surface area contributed by atoms with E-state index < -0.39 is 15.9 Å². The van der Waals surface area contributed by atoms with Crippen molar-refractivity contribution in [3.8, 4) is 6.07 Å². The van der Waals surface area contributed by atoms with Crippen LogP contribution in [0.2, 0.25) is 0 Å². The van der Waals surface area contributed by atoms with Crippen LogP contribution in [-0.4, -0.2) is 41.8 Å². The minimum absolute atomic E-state index is 0.0162. The van der Waals surface area contributed by atoms with Gasteiger partial charge in [0.1, 0.15) is 0 Å². The van der Waals surface area contributed by atoms with Crippen LogP contribution in [-0.2, 0) is 21.9 Å². The standard InChI is InChI=1S/C20H19N5O3S2/c1-24-12-11-22-20(24)29-18-6-4-3-5-17(18)23-19(26)14-25(2)30(27,28)16-9-7-15(13-21)8-10-16/h3-12H,14H2,1-2H3,(H,23,26). The van der Waals surface area contributed by atoms with Crippen LogP contribution in [0.15, 0.2) is 75.9 Å². The molecule has 3 rings (SSSR count). The maximum absolute atomic E-state index is 12.7. The van der Waals surface area contributed by atoms with E-state index in [1.165, 1.54) is 43.1 Å². The van der Waals surface area contributed by atoms with Crippen LogP contribution >= 0.6 is 11.8 Å². The summed E-state index contributed by atoms with van der Waals surface area (Å²) in [6.07, 6.45) is 3.51. The van der Waals surface area contributed by atoms with E-state index >= 15 is 0 Å². The molecular weight excluding hydrogens is 422 g/mol. The molecule has 3 aromatic rings. The maximum atomic E-state index is 12.7. The average molecular weight is 442 g/mol. The minimum Gasteiger partial charge on any atom is -0.329 e. The number of imidazole rings is 1. The third-order valence-corrected chi connectivity index (χ3v) is 7.17. The number of nitrogens with one attached hydrogen (secondary N) is 1. The maximum Gasteiger partial charge on any atom is 0.243 e. The number of benzene rings is 2. The molecule has 1 heterocycles. The van der Waals surface area contributed by atoms with Gasteiger partial charge in [-0.05, 0) is 48.2 Å². The van der Waals surface area contributed by atoms with Gasteiger partial charge in [-0.25, -0.2) is 13.4 Å². The van der Waals surface area contributed by atoms with Gasteiger partial charge in [-0.2, -0.15) is 9.57 Å². The lowest BCUT2D eigenvalue weighted by Gasteiger charge is -2.17. The fourth-order valence-electron chi connectivity index (χ4n) is 2.57. The lowest BCUT2D eigenvalue weighted by Crippen LogP contribution is -2.35. The van der Waals surface area contributed by atoms with E-state index in [4.69, 9.17) is 5.26 Å². The quantitative estimate of drug-likeness (QED) is 0.604. The van der Waals surface area contributed by atoms with Gasteiger partial charge in [0, 0.05) is 31.4 Å². The molecular formula is C20H19N5O3S2. The van der Waals surface area contributed by atoms with Crippen LogP contribution in [0.1, 0.15) is 5.56 Å². The number of sulfonamides is 1. The SMILES string of the molecule is CN(CC(=O)Nc1ccccc1Sc1nccn1C)S(=O)(=O)c1ccc(C#N)cc1. The molecule has 2 aromatic carbocycles. The van der Waals surface area contributed by atoms with Gasteiger partial charge in [0.25, 0.3) is 0 Å². The zero-order valence-electron chi connectivity index (χ0n) is 16.3. The van der Waals surface area contributed by atoms with Gasteiger partial charge in [-0.15, -0.1) is 0 Å². The van der Waals surface area contributed by atoms with Gasteiger partial charge in [0.2, 0.25) is 15.9 Å². The number of likely N-dealkylation sites (N-methyl/N-ethyl adjacent to an activating group) is 1. The number of aryl methyl sites for hydroxylation is 1. The highest BCUT2D eigenvalue weighted by Gasteiger charge is 2.23. The summed E-state index contributed by atoms with van der Waals surface area (Å²) in [6, 6.07) is 14.7. The summed E-state index contributed by atoms with van der Waals surface area (Å²) in [7, 11) is -0.654. The van der Waals surface area contributed by atoms with Gasteiger partial charge >= 0.3 is 0 Å². The lowest BCUT2D eigenvalue weighted by atomic mass is 10.2. The normalized spacial score (nSPS) is 11.3. The number of hydrogen-bond donors (Lipinski definition) is 1. The van der Waals surface area contributed by atoms with E-state index in [9.17, 15) is 13.2 Å². The molecule has 0 saturated heterocycles. The summed E-state index contributed by atoms with van der Waals surface area (Å²) >= 11 is 1.39. The van der Waals surface area contributed by atoms with Gasteiger partial charge in [-0.1, -0.05) is 12.1 Å². The number of nitrogens with zero attached hydrogens (tertiary/aromatic N) is 4. The Bertz CT molecular complexity index is 1200. The van der Waals surface area contributed by atoms with Gasteiger partial charge in [0.05, 0.1) is 28.8 Å². The van der Waals surface area contributed by atoms with Gasteiger partial charge < -0.3 is 9.88 Å². The van der Waals surface area contributed by atoms with Crippen LogP contribution in [0, 0.1) is 11.3 Å². The molecule has 0 fully saturated rings. The number of rotatable bonds is 7. The highest BCUT2D eigenvalue weighted by molar-refractivity contribution is 7.99. The number of para-hydroxylation sites is 1. The van der Waals surface area contributed by atoms with E-state index in [1.807, 2.05) is 36.0 Å². The third kappa shape index (κ3) is 4.88. The first kappa shape index (κ1) is 21.6. The van der Waals surface area contributed by atoms with Crippen LogP contribution in [0.25, 0.3) is 0 Å². The molecule has 1 amide bonds. The van der Waals surface area contributed by atoms with Crippen molar-refractivity contribution in [1.82, 2.24) is 13.9 Å². The van der Waals surface area contributed by atoms with Crippen molar-refractivity contribution < 1.29 is 13.2 Å². The summed E-state index contributed by atoms with van der Waals surface area (Å²) in [6.45, 7) is -0.357. The van der Waals surface area contributed by atoms with Crippen LogP contribution in [0.3, 0.4) is 0 Å². The van der Waals surface area contributed by atoms with Crippen molar-refractivity contribution in [3.63, 3.8) is 0 Å². The molecule has 1 N–H and O–H groups in total. The van der Waals surface area contributed by atoms with E-state index in [2.05, 4.69) is 10.3 Å². The number of hydrogen-bond acceptors (Lipinski definition) is 6. The highest BCUT2D eigenvalue weighted by atomic mass is 32.2. The molecule has 0 saturated carbocycles. The second kappa shape index (κ2) is 9.13. The van der Waals surface area contributed by atoms with Gasteiger partial charge in [-0.3, -0.25) is 4.79 Å². The molecule has 1 aromatic heterocycles. The molecule has 0 unspecified atom stereocenters. The summed E-state index contributed by atoms with van der Waals surface area (Å²) in [5.74, 6) is -0.470. The number of nitriles is 1. The smallest absolute Gasteiger partial charge is 0.243 e. The highest BCUT2D eigenvalue weighted by Crippen LogP contribution is 2.32. The Kier molecular flexibility index (Phi) is 6.56. The summed E-state index contributed by atoms with van der Waals surface area (Å²) in [5.41, 5.74) is 0.927. The van der Waals surface area contributed by atoms with E-state index in [1.54, 1.807) is 18.3 Å². The first-order chi connectivity index (χ1) is 14.3. The van der Waals surface area contributed by atoms with Crippen LogP contribution in [0.4, 0.5) is 5.69 Å². The molecule has 0 bridgehead atoms. The number of carbonyl (C=O) groups is 1. The van der Waals surface area contributed by atoms with Crippen LogP contribution < -0.4 is 5.32 Å². The predicted octanol–water partition coefficient (Wildman–Crippen LogP) is 2.70. The van der Waals surface area contributed by atoms with E-state index in [-0.39, 0.29) is 11.4 Å². The van der Waals surface area contributed by atoms with Crippen molar-refractivity contribution in [3.05, 3.63) is 66.5 Å². The molecule has 0 radical (unpaired) electrons. The monoisotopic (exact) mass is 441 g/mol. The first-order valence-electron chi connectivity index (χ1n) is 8.82. The predicted molar refractivity (Wildman–Crippen MR) is 113 cm³/mol. The minimum atomic E-state index is -3.86. The number of amides is 1. The second-order valence-electron chi connectivity index (χ2n) is 6.36. The largest absolute Gasteiger partial charge is 0.329 e. The Hall–Kier alpha value is -3.13. The number of aromatic nitrogens is 2. The van der Waals surface area contributed by atoms with Crippen molar-refractivity contribution >= 4 is 33.4 Å². The van der Waals surface area contributed by atoms with Crippen molar-refractivity contribution in [1.29, 1.82) is 5.26 Å². The molecule has 10 heteroatoms. The van der Waals surface area contributed by atoms with E-state index in [0.29, 0.717) is 11.3 Å². The molecule has 0 spiro atoms. The average Bonchev–Trinajstić information content (AvgIpc) is 3.13. The number of carbonyl (C=O) groups excluding carboxylic acids is 1. The Morgan fingerprint density at radius 1 is 1.23 bits per heavy atom. The summed E-state index contributed by atoms with van der Waals surface area (Å²) in [4.78, 5) is 17.6. The van der Waals surface area contributed by atoms with Crippen molar-refractivity contribution in [2.24, 2.45) is 7.05 Å². The Morgan fingerprint density at radius 3 is 2.57 bits per heavy atom. The van der Waals surface area contributed by atoms with Gasteiger partial charge in [0.15, 0.2) is 5.16 Å². The molecule has 154 valence electrons.